The lowest BCUT2D eigenvalue weighted by Crippen LogP contribution is -2.41. The largest absolute Gasteiger partial charge is 0.444 e. The lowest BCUT2D eigenvalue weighted by molar-refractivity contribution is -0.103. The molecule has 2 aliphatic heterocycles. The van der Waals surface area contributed by atoms with Crippen molar-refractivity contribution >= 4 is 17.9 Å². The molecule has 2 aliphatic rings. The van der Waals surface area contributed by atoms with Crippen LogP contribution in [-0.2, 0) is 22.7 Å². The highest BCUT2D eigenvalue weighted by molar-refractivity contribution is 6.20. The summed E-state index contributed by atoms with van der Waals surface area (Å²) in [6.07, 6.45) is 2.86. The quantitative estimate of drug-likeness (QED) is 0.675. The van der Waals surface area contributed by atoms with Crippen molar-refractivity contribution in [2.45, 2.75) is 58.4 Å². The van der Waals surface area contributed by atoms with E-state index in [0.717, 1.165) is 17.9 Å². The minimum atomic E-state index is -0.567. The Hall–Kier alpha value is -3.27. The second-order valence-corrected chi connectivity index (χ2v) is 8.60. The number of hydroxylamine groups is 2. The van der Waals surface area contributed by atoms with Crippen molar-refractivity contribution in [2.75, 3.05) is 6.54 Å². The van der Waals surface area contributed by atoms with E-state index in [9.17, 15) is 14.4 Å². The predicted molar refractivity (Wildman–Crippen MR) is 108 cm³/mol. The predicted octanol–water partition coefficient (Wildman–Crippen LogP) is 2.41. The normalized spacial score (nSPS) is 18.6. The van der Waals surface area contributed by atoms with Gasteiger partial charge in [0.2, 0.25) is 0 Å². The summed E-state index contributed by atoms with van der Waals surface area (Å²) in [6, 6.07) is 6.50. The molecule has 1 fully saturated rings. The minimum absolute atomic E-state index is 0.0579. The van der Waals surface area contributed by atoms with E-state index in [1.54, 1.807) is 33.8 Å². The molecular weight excluding hydrogens is 402 g/mol. The van der Waals surface area contributed by atoms with Gasteiger partial charge >= 0.3 is 6.09 Å². The molecule has 3 amide bonds. The zero-order chi connectivity index (χ0) is 22.2. The number of benzene rings is 1. The first-order chi connectivity index (χ1) is 14.7. The number of imide groups is 1. The molecule has 1 atom stereocenters. The number of nitrogens with zero attached hydrogens (tertiary/aromatic N) is 5. The number of aromatic nitrogens is 3. The van der Waals surface area contributed by atoms with E-state index in [1.165, 1.54) is 6.20 Å². The minimum Gasteiger partial charge on any atom is -0.444 e. The molecular formula is C21H25N5O5. The third-order valence-electron chi connectivity index (χ3n) is 5.19. The molecule has 0 radical (unpaired) electrons. The number of rotatable bonds is 5. The molecule has 0 N–H and O–H groups in total. The van der Waals surface area contributed by atoms with Gasteiger partial charge in [-0.15, -0.1) is 10.2 Å². The van der Waals surface area contributed by atoms with Gasteiger partial charge in [0.25, 0.3) is 11.8 Å². The fraction of sp³-hybridized carbons (Fsp3) is 0.476. The van der Waals surface area contributed by atoms with Crippen LogP contribution in [0.3, 0.4) is 0 Å². The van der Waals surface area contributed by atoms with Gasteiger partial charge in [0.15, 0.2) is 0 Å². The van der Waals surface area contributed by atoms with Crippen LogP contribution >= 0.6 is 0 Å². The Morgan fingerprint density at radius 2 is 1.84 bits per heavy atom. The third-order valence-corrected chi connectivity index (χ3v) is 5.19. The van der Waals surface area contributed by atoms with Crippen molar-refractivity contribution in [1.29, 1.82) is 0 Å². The summed E-state index contributed by atoms with van der Waals surface area (Å²) in [5.41, 5.74) is 0.659. The van der Waals surface area contributed by atoms with Crippen LogP contribution < -0.4 is 0 Å². The van der Waals surface area contributed by atoms with Gasteiger partial charge in [0, 0.05) is 6.54 Å². The molecule has 0 saturated carbocycles. The summed E-state index contributed by atoms with van der Waals surface area (Å²) >= 11 is 0. The summed E-state index contributed by atoms with van der Waals surface area (Å²) < 4.78 is 7.14. The smallest absolute Gasteiger partial charge is 0.410 e. The molecule has 0 unspecified atom stereocenters. The lowest BCUT2D eigenvalue weighted by atomic mass is 10.1. The zero-order valence-electron chi connectivity index (χ0n) is 17.8. The highest BCUT2D eigenvalue weighted by Gasteiger charge is 2.37. The van der Waals surface area contributed by atoms with Gasteiger partial charge in [-0.1, -0.05) is 17.3 Å². The topological polar surface area (TPSA) is 107 Å². The monoisotopic (exact) mass is 427 g/mol. The number of ether oxygens (including phenoxy) is 1. The SMILES string of the molecule is CC(C)(C)OC(=O)N1CCC[C@H]1Cn1nncc1CON1C(=O)c2ccccc2C1=O. The highest BCUT2D eigenvalue weighted by atomic mass is 16.7. The van der Waals surface area contributed by atoms with Crippen LogP contribution in [0.25, 0.3) is 0 Å². The lowest BCUT2D eigenvalue weighted by Gasteiger charge is -2.28. The Labute approximate surface area is 179 Å². The van der Waals surface area contributed by atoms with Crippen molar-refractivity contribution < 1.29 is 24.0 Å². The molecule has 0 aliphatic carbocycles. The van der Waals surface area contributed by atoms with Crippen molar-refractivity contribution in [3.8, 4) is 0 Å². The van der Waals surface area contributed by atoms with Gasteiger partial charge in [-0.2, -0.15) is 0 Å². The average Bonchev–Trinajstić information content (AvgIpc) is 3.41. The van der Waals surface area contributed by atoms with E-state index in [1.807, 2.05) is 20.8 Å². The summed E-state index contributed by atoms with van der Waals surface area (Å²) in [6.45, 7) is 6.49. The number of hydrogen-bond donors (Lipinski definition) is 0. The van der Waals surface area contributed by atoms with Gasteiger partial charge in [-0.3, -0.25) is 14.4 Å². The molecule has 0 spiro atoms. The number of hydrogen-bond acceptors (Lipinski definition) is 7. The fourth-order valence-electron chi connectivity index (χ4n) is 3.75. The van der Waals surface area contributed by atoms with Crippen LogP contribution in [0.2, 0.25) is 0 Å². The third kappa shape index (κ3) is 4.29. The first-order valence-corrected chi connectivity index (χ1v) is 10.2. The van der Waals surface area contributed by atoms with Crippen LogP contribution in [0, 0.1) is 0 Å². The van der Waals surface area contributed by atoms with E-state index < -0.39 is 17.4 Å². The van der Waals surface area contributed by atoms with Crippen LogP contribution in [-0.4, -0.2) is 61.1 Å². The zero-order valence-corrected chi connectivity index (χ0v) is 17.8. The summed E-state index contributed by atoms with van der Waals surface area (Å²) in [7, 11) is 0. The summed E-state index contributed by atoms with van der Waals surface area (Å²) in [4.78, 5) is 44.6. The Morgan fingerprint density at radius 1 is 1.16 bits per heavy atom. The standard InChI is InChI=1S/C21H25N5O5/c1-21(2,3)31-20(29)24-10-6-7-14(24)12-25-15(11-22-23-25)13-30-26-18(27)16-8-4-5-9-17(16)19(26)28/h4-5,8-9,11,14H,6-7,10,12-13H2,1-3H3/t14-/m0/s1. The second-order valence-electron chi connectivity index (χ2n) is 8.60. The Bertz CT molecular complexity index is 977. The molecule has 1 saturated heterocycles. The molecule has 1 aromatic heterocycles. The molecule has 2 aromatic rings. The van der Waals surface area contributed by atoms with E-state index in [2.05, 4.69) is 10.3 Å². The average molecular weight is 427 g/mol. The van der Waals surface area contributed by atoms with Gasteiger partial charge in [-0.05, 0) is 45.7 Å². The molecule has 1 aromatic carbocycles. The molecule has 4 rings (SSSR count). The van der Waals surface area contributed by atoms with E-state index in [4.69, 9.17) is 9.57 Å². The number of carbonyl (C=O) groups excluding carboxylic acids is 3. The van der Waals surface area contributed by atoms with Crippen LogP contribution in [0.4, 0.5) is 4.79 Å². The molecule has 3 heterocycles. The Kier molecular flexibility index (Phi) is 5.48. The molecule has 0 bridgehead atoms. The summed E-state index contributed by atoms with van der Waals surface area (Å²) in [5, 5.41) is 8.78. The number of amides is 3. The second kappa shape index (κ2) is 8.10. The molecule has 10 nitrogen and oxygen atoms in total. The van der Waals surface area contributed by atoms with Gasteiger partial charge < -0.3 is 9.64 Å². The van der Waals surface area contributed by atoms with Crippen molar-refractivity contribution in [3.63, 3.8) is 0 Å². The fourth-order valence-corrected chi connectivity index (χ4v) is 3.75. The number of fused-ring (bicyclic) bond motifs is 1. The van der Waals surface area contributed by atoms with Gasteiger partial charge in [0.1, 0.15) is 12.2 Å². The molecule has 10 heteroatoms. The number of likely N-dealkylation sites (tertiary alicyclic amines) is 1. The van der Waals surface area contributed by atoms with E-state index in [0.29, 0.717) is 29.9 Å². The molecule has 31 heavy (non-hydrogen) atoms. The van der Waals surface area contributed by atoms with Crippen LogP contribution in [0.15, 0.2) is 30.5 Å². The van der Waals surface area contributed by atoms with Crippen molar-refractivity contribution in [2.24, 2.45) is 0 Å². The van der Waals surface area contributed by atoms with Crippen LogP contribution in [0.1, 0.15) is 60.0 Å². The maximum absolute atomic E-state index is 12.5. The van der Waals surface area contributed by atoms with Gasteiger partial charge in [0.05, 0.1) is 35.6 Å². The van der Waals surface area contributed by atoms with Crippen LogP contribution in [0.5, 0.6) is 0 Å². The van der Waals surface area contributed by atoms with Crippen molar-refractivity contribution in [3.05, 3.63) is 47.3 Å². The molecule has 164 valence electrons. The Morgan fingerprint density at radius 3 is 2.48 bits per heavy atom. The van der Waals surface area contributed by atoms with E-state index >= 15 is 0 Å². The van der Waals surface area contributed by atoms with E-state index in [-0.39, 0.29) is 18.7 Å². The van der Waals surface area contributed by atoms with Gasteiger partial charge in [-0.25, -0.2) is 9.48 Å². The number of carbonyl (C=O) groups is 3. The van der Waals surface area contributed by atoms with Crippen molar-refractivity contribution in [1.82, 2.24) is 25.0 Å². The maximum atomic E-state index is 12.5. The maximum Gasteiger partial charge on any atom is 0.410 e. The first-order valence-electron chi connectivity index (χ1n) is 10.2. The summed E-state index contributed by atoms with van der Waals surface area (Å²) in [5.74, 6) is -0.988. The highest BCUT2D eigenvalue weighted by Crippen LogP contribution is 2.24. The first kappa shape index (κ1) is 21.0. The Balaban J connectivity index is 1.40.